The number of urea groups is 1. The van der Waals surface area contributed by atoms with Crippen LogP contribution >= 0.6 is 0 Å². The van der Waals surface area contributed by atoms with Gasteiger partial charge in [0, 0.05) is 19.6 Å². The summed E-state index contributed by atoms with van der Waals surface area (Å²) in [6.07, 6.45) is 0.269. The molecule has 5 nitrogen and oxygen atoms in total. The molecule has 0 aromatic carbocycles. The lowest BCUT2D eigenvalue weighted by Crippen LogP contribution is -2.36. The minimum absolute atomic E-state index is 0.269. The topological polar surface area (TPSA) is 76.4 Å². The Morgan fingerprint density at radius 3 is 2.62 bits per heavy atom. The van der Waals surface area contributed by atoms with E-state index in [1.165, 1.54) is 0 Å². The Hall–Kier alpha value is -0.810. The molecule has 0 unspecified atom stereocenters. The van der Waals surface area contributed by atoms with Gasteiger partial charge in [0.05, 0.1) is 12.7 Å². The third kappa shape index (κ3) is 11.2. The maximum Gasteiger partial charge on any atom is 0.312 e. The van der Waals surface area contributed by atoms with Gasteiger partial charge in [0.25, 0.3) is 0 Å². The van der Waals surface area contributed by atoms with Gasteiger partial charge in [-0.1, -0.05) is 0 Å². The molecular weight excluding hydrogens is 170 g/mol. The summed E-state index contributed by atoms with van der Waals surface area (Å²) >= 11 is 0. The first kappa shape index (κ1) is 12.2. The molecule has 0 aliphatic carbocycles. The second-order valence-electron chi connectivity index (χ2n) is 2.96. The van der Waals surface area contributed by atoms with Crippen molar-refractivity contribution in [3.63, 3.8) is 0 Å². The molecule has 0 aromatic heterocycles. The molecule has 0 aliphatic rings. The van der Waals surface area contributed by atoms with Crippen molar-refractivity contribution in [3.8, 4) is 0 Å². The largest absolute Gasteiger partial charge is 0.377 e. The average molecular weight is 189 g/mol. The van der Waals surface area contributed by atoms with Crippen LogP contribution in [0, 0.1) is 0 Å². The van der Waals surface area contributed by atoms with Crippen molar-refractivity contribution in [1.29, 1.82) is 0 Å². The minimum Gasteiger partial charge on any atom is -0.377 e. The first-order valence-electron chi connectivity index (χ1n) is 4.48. The maximum atomic E-state index is 10.2. The summed E-state index contributed by atoms with van der Waals surface area (Å²) in [5.41, 5.74) is 4.87. The van der Waals surface area contributed by atoms with Crippen LogP contribution in [-0.2, 0) is 4.74 Å². The Morgan fingerprint density at radius 1 is 1.38 bits per heavy atom. The second-order valence-corrected chi connectivity index (χ2v) is 2.96. The molecule has 5 heteroatoms. The van der Waals surface area contributed by atoms with E-state index in [0.29, 0.717) is 19.7 Å². The van der Waals surface area contributed by atoms with Gasteiger partial charge in [0.15, 0.2) is 0 Å². The van der Waals surface area contributed by atoms with Crippen LogP contribution in [0.2, 0.25) is 0 Å². The highest BCUT2D eigenvalue weighted by molar-refractivity contribution is 5.71. The number of hydrogen-bond acceptors (Lipinski definition) is 3. The number of rotatable bonds is 7. The summed E-state index contributed by atoms with van der Waals surface area (Å²) in [6, 6.07) is -0.486. The summed E-state index contributed by atoms with van der Waals surface area (Å²) in [4.78, 5) is 10.2. The molecule has 0 bridgehead atoms. The van der Waals surface area contributed by atoms with Crippen LogP contribution in [0.1, 0.15) is 13.8 Å². The smallest absolute Gasteiger partial charge is 0.312 e. The molecule has 0 aliphatic heterocycles. The van der Waals surface area contributed by atoms with Crippen LogP contribution in [0.4, 0.5) is 4.79 Å². The fourth-order valence-electron chi connectivity index (χ4n) is 0.766. The zero-order valence-corrected chi connectivity index (χ0v) is 8.30. The van der Waals surface area contributed by atoms with Gasteiger partial charge in [-0.25, -0.2) is 4.79 Å². The Morgan fingerprint density at radius 2 is 2.08 bits per heavy atom. The highest BCUT2D eigenvalue weighted by Gasteiger charge is 1.93. The number of carbonyl (C=O) groups is 1. The van der Waals surface area contributed by atoms with E-state index < -0.39 is 6.03 Å². The molecule has 0 aromatic rings. The number of carbonyl (C=O) groups excluding carboxylic acids is 1. The van der Waals surface area contributed by atoms with Crippen molar-refractivity contribution in [2.75, 3.05) is 26.2 Å². The molecule has 78 valence electrons. The number of nitrogens with two attached hydrogens (primary N) is 1. The second kappa shape index (κ2) is 7.82. The predicted octanol–water partition coefficient (Wildman–Crippen LogP) is -0.331. The van der Waals surface area contributed by atoms with E-state index in [2.05, 4.69) is 10.6 Å². The monoisotopic (exact) mass is 189 g/mol. The third-order valence-corrected chi connectivity index (χ3v) is 1.33. The van der Waals surface area contributed by atoms with Crippen LogP contribution in [-0.4, -0.2) is 38.4 Å². The lowest BCUT2D eigenvalue weighted by molar-refractivity contribution is 0.0810. The van der Waals surface area contributed by atoms with Gasteiger partial charge < -0.3 is 21.1 Å². The van der Waals surface area contributed by atoms with Crippen LogP contribution in [0.25, 0.3) is 0 Å². The molecule has 0 radical (unpaired) electrons. The number of primary amides is 1. The fourth-order valence-corrected chi connectivity index (χ4v) is 0.766. The molecule has 0 heterocycles. The van der Waals surface area contributed by atoms with Gasteiger partial charge in [0.2, 0.25) is 0 Å². The van der Waals surface area contributed by atoms with Crippen molar-refractivity contribution < 1.29 is 9.53 Å². The van der Waals surface area contributed by atoms with Gasteiger partial charge in [-0.05, 0) is 13.8 Å². The Balaban J connectivity index is 2.96. The molecule has 4 N–H and O–H groups in total. The van der Waals surface area contributed by atoms with Gasteiger partial charge in [-0.2, -0.15) is 0 Å². The van der Waals surface area contributed by atoms with Crippen molar-refractivity contribution >= 4 is 6.03 Å². The summed E-state index contributed by atoms with van der Waals surface area (Å²) in [6.45, 7) is 6.73. The van der Waals surface area contributed by atoms with Crippen molar-refractivity contribution in [2.24, 2.45) is 5.73 Å². The number of nitrogens with one attached hydrogen (secondary N) is 2. The molecule has 2 amide bonds. The number of amides is 2. The number of ether oxygens (including phenoxy) is 1. The lowest BCUT2D eigenvalue weighted by Gasteiger charge is -2.08. The Labute approximate surface area is 79.0 Å². The number of hydrogen-bond donors (Lipinski definition) is 3. The van der Waals surface area contributed by atoms with E-state index in [4.69, 9.17) is 10.5 Å². The summed E-state index contributed by atoms with van der Waals surface area (Å²) in [7, 11) is 0. The predicted molar refractivity (Wildman–Crippen MR) is 51.5 cm³/mol. The van der Waals surface area contributed by atoms with Gasteiger partial charge in [0.1, 0.15) is 0 Å². The van der Waals surface area contributed by atoms with E-state index in [1.807, 2.05) is 13.8 Å². The Kier molecular flexibility index (Phi) is 7.33. The SMILES string of the molecule is CC(C)OCCNCCNC(N)=O. The first-order chi connectivity index (χ1) is 6.13. The van der Waals surface area contributed by atoms with Gasteiger partial charge in [-0.15, -0.1) is 0 Å². The Bertz CT molecular complexity index is 139. The first-order valence-corrected chi connectivity index (χ1v) is 4.48. The van der Waals surface area contributed by atoms with Crippen LogP contribution in [0.15, 0.2) is 0 Å². The van der Waals surface area contributed by atoms with Crippen molar-refractivity contribution in [2.45, 2.75) is 20.0 Å². The van der Waals surface area contributed by atoms with Crippen LogP contribution in [0.3, 0.4) is 0 Å². The van der Waals surface area contributed by atoms with E-state index in [1.54, 1.807) is 0 Å². The van der Waals surface area contributed by atoms with Gasteiger partial charge >= 0.3 is 6.03 Å². The van der Waals surface area contributed by atoms with E-state index in [9.17, 15) is 4.79 Å². The highest BCUT2D eigenvalue weighted by atomic mass is 16.5. The molecule has 0 saturated carbocycles. The standard InChI is InChI=1S/C8H19N3O2/c1-7(2)13-6-5-10-3-4-11-8(9)12/h7,10H,3-6H2,1-2H3,(H3,9,11,12). The third-order valence-electron chi connectivity index (χ3n) is 1.33. The van der Waals surface area contributed by atoms with E-state index in [-0.39, 0.29) is 6.10 Å². The van der Waals surface area contributed by atoms with Gasteiger partial charge in [-0.3, -0.25) is 0 Å². The zero-order chi connectivity index (χ0) is 10.1. The molecule has 0 fully saturated rings. The molecule has 0 spiro atoms. The highest BCUT2D eigenvalue weighted by Crippen LogP contribution is 1.84. The molecule has 0 saturated heterocycles. The summed E-state index contributed by atoms with van der Waals surface area (Å²) in [5.74, 6) is 0. The normalized spacial score (nSPS) is 10.4. The quantitative estimate of drug-likeness (QED) is 0.480. The van der Waals surface area contributed by atoms with Crippen molar-refractivity contribution in [3.05, 3.63) is 0 Å². The van der Waals surface area contributed by atoms with E-state index >= 15 is 0 Å². The summed E-state index contributed by atoms with van der Waals surface area (Å²) < 4.78 is 5.29. The van der Waals surface area contributed by atoms with Crippen molar-refractivity contribution in [1.82, 2.24) is 10.6 Å². The molecular formula is C8H19N3O2. The maximum absolute atomic E-state index is 10.2. The fraction of sp³-hybridized carbons (Fsp3) is 0.875. The molecule has 0 rings (SSSR count). The zero-order valence-electron chi connectivity index (χ0n) is 8.30. The van der Waals surface area contributed by atoms with E-state index in [0.717, 1.165) is 6.54 Å². The van der Waals surface area contributed by atoms with Crippen LogP contribution < -0.4 is 16.4 Å². The molecule has 13 heavy (non-hydrogen) atoms. The minimum atomic E-state index is -0.486. The molecule has 0 atom stereocenters. The summed E-state index contributed by atoms with van der Waals surface area (Å²) in [5, 5.41) is 5.58. The lowest BCUT2D eigenvalue weighted by atomic mass is 10.5. The average Bonchev–Trinajstić information content (AvgIpc) is 2.01. The van der Waals surface area contributed by atoms with Crippen LogP contribution in [0.5, 0.6) is 0 Å².